The number of halogens is 2. The van der Waals surface area contributed by atoms with Crippen LogP contribution in [0.1, 0.15) is 0 Å². The second kappa shape index (κ2) is 3.43. The van der Waals surface area contributed by atoms with Gasteiger partial charge in [0.25, 0.3) is 0 Å². The minimum Gasteiger partial charge on any atom is -0.392 e. The molecule has 0 fully saturated rings. The van der Waals surface area contributed by atoms with Crippen molar-refractivity contribution < 1.29 is 8.91 Å². The molecule has 0 aliphatic heterocycles. The van der Waals surface area contributed by atoms with E-state index in [0.29, 0.717) is 11.3 Å². The normalized spacial score (nSPS) is 10.5. The molecule has 78 valence electrons. The van der Waals surface area contributed by atoms with Crippen molar-refractivity contribution in [3.8, 4) is 11.3 Å². The van der Waals surface area contributed by atoms with Gasteiger partial charge in [-0.25, -0.2) is 4.39 Å². The molecular weight excluding hydrogens is 221 g/mol. The quantitative estimate of drug-likeness (QED) is 0.784. The predicted molar refractivity (Wildman–Crippen MR) is 55.7 cm³/mol. The summed E-state index contributed by atoms with van der Waals surface area (Å²) < 4.78 is 17.8. The van der Waals surface area contributed by atoms with Gasteiger partial charge >= 0.3 is 0 Å². The third-order valence-electron chi connectivity index (χ3n) is 1.95. The lowest BCUT2D eigenvalue weighted by Crippen LogP contribution is -1.92. The summed E-state index contributed by atoms with van der Waals surface area (Å²) in [7, 11) is 0. The molecule has 0 aliphatic carbocycles. The Hall–Kier alpha value is -1.75. The van der Waals surface area contributed by atoms with Crippen molar-refractivity contribution >= 4 is 23.2 Å². The molecule has 2 rings (SSSR count). The Morgan fingerprint density at radius 3 is 2.60 bits per heavy atom. The molecule has 0 saturated carbocycles. The molecule has 1 heterocycles. The van der Waals surface area contributed by atoms with Crippen LogP contribution < -0.4 is 11.5 Å². The fourth-order valence-corrected chi connectivity index (χ4v) is 1.28. The molecule has 4 nitrogen and oxygen atoms in total. The molecule has 1 aromatic carbocycles. The topological polar surface area (TPSA) is 78.1 Å². The summed E-state index contributed by atoms with van der Waals surface area (Å²) in [4.78, 5) is 0. The van der Waals surface area contributed by atoms with E-state index in [0.717, 1.165) is 0 Å². The van der Waals surface area contributed by atoms with Gasteiger partial charge in [0.15, 0.2) is 0 Å². The maximum Gasteiger partial charge on any atom is 0.245 e. The maximum atomic E-state index is 13.1. The first-order valence-electron chi connectivity index (χ1n) is 4.05. The van der Waals surface area contributed by atoms with Crippen molar-refractivity contribution in [1.29, 1.82) is 0 Å². The van der Waals surface area contributed by atoms with Gasteiger partial charge in [-0.2, -0.15) is 0 Å². The van der Waals surface area contributed by atoms with Gasteiger partial charge in [-0.15, -0.1) is 0 Å². The Balaban J connectivity index is 2.55. The minimum atomic E-state index is -0.546. The lowest BCUT2D eigenvalue weighted by molar-refractivity contribution is 0.439. The fraction of sp³-hybridized carbons (Fsp3) is 0. The number of anilines is 2. The van der Waals surface area contributed by atoms with Gasteiger partial charge in [-0.1, -0.05) is 22.8 Å². The van der Waals surface area contributed by atoms with Crippen LogP contribution in [0.4, 0.5) is 16.0 Å². The van der Waals surface area contributed by atoms with Gasteiger partial charge in [-0.3, -0.25) is 0 Å². The molecule has 0 atom stereocenters. The van der Waals surface area contributed by atoms with Crippen LogP contribution in [-0.2, 0) is 0 Å². The van der Waals surface area contributed by atoms with Crippen LogP contribution in [0.25, 0.3) is 11.3 Å². The summed E-state index contributed by atoms with van der Waals surface area (Å²) in [5.41, 5.74) is 11.9. The molecule has 0 unspecified atom stereocenters. The lowest BCUT2D eigenvalue weighted by Gasteiger charge is -1.98. The number of nitrogen functional groups attached to an aromatic ring is 2. The summed E-state index contributed by atoms with van der Waals surface area (Å²) in [6, 6.07) is 4.21. The van der Waals surface area contributed by atoms with E-state index in [1.54, 1.807) is 6.07 Å². The van der Waals surface area contributed by atoms with Gasteiger partial charge in [-0.05, 0) is 12.1 Å². The fourth-order valence-electron chi connectivity index (χ4n) is 1.16. The summed E-state index contributed by atoms with van der Waals surface area (Å²) in [5, 5.41) is 3.66. The molecule has 0 saturated heterocycles. The molecule has 0 spiro atoms. The highest BCUT2D eigenvalue weighted by atomic mass is 35.5. The number of hydrogen-bond donors (Lipinski definition) is 2. The standard InChI is InChI=1S/C9H7ClFN3O/c10-5-2-1-4(3-6(5)11)8-7(12)9(13)15-14-8/h1-3H,12-13H2. The van der Waals surface area contributed by atoms with E-state index < -0.39 is 5.82 Å². The molecule has 4 N–H and O–H groups in total. The lowest BCUT2D eigenvalue weighted by atomic mass is 10.1. The first kappa shape index (κ1) is 9.79. The number of aromatic nitrogens is 1. The van der Waals surface area contributed by atoms with Crippen LogP contribution in [0.3, 0.4) is 0 Å². The molecule has 0 bridgehead atoms. The number of benzene rings is 1. The van der Waals surface area contributed by atoms with Gasteiger partial charge in [0.1, 0.15) is 17.2 Å². The van der Waals surface area contributed by atoms with E-state index in [1.165, 1.54) is 12.1 Å². The van der Waals surface area contributed by atoms with Crippen LogP contribution in [-0.4, -0.2) is 5.16 Å². The first-order valence-corrected chi connectivity index (χ1v) is 4.43. The molecule has 0 aliphatic rings. The van der Waals surface area contributed by atoms with Crippen molar-refractivity contribution in [3.63, 3.8) is 0 Å². The van der Waals surface area contributed by atoms with Crippen LogP contribution in [0.2, 0.25) is 5.02 Å². The van der Waals surface area contributed by atoms with Crippen LogP contribution >= 0.6 is 11.6 Å². The average molecular weight is 228 g/mol. The Morgan fingerprint density at radius 1 is 1.33 bits per heavy atom. The monoisotopic (exact) mass is 227 g/mol. The van der Waals surface area contributed by atoms with Crippen LogP contribution in [0.5, 0.6) is 0 Å². The largest absolute Gasteiger partial charge is 0.392 e. The SMILES string of the molecule is Nc1onc(-c2ccc(Cl)c(F)c2)c1N. The highest BCUT2D eigenvalue weighted by Crippen LogP contribution is 2.30. The maximum absolute atomic E-state index is 13.1. The number of nitrogens with zero attached hydrogens (tertiary/aromatic N) is 1. The van der Waals surface area contributed by atoms with Gasteiger partial charge < -0.3 is 16.0 Å². The van der Waals surface area contributed by atoms with Crippen molar-refractivity contribution in [2.24, 2.45) is 0 Å². The van der Waals surface area contributed by atoms with E-state index in [2.05, 4.69) is 9.68 Å². The third-order valence-corrected chi connectivity index (χ3v) is 2.26. The van der Waals surface area contributed by atoms with E-state index >= 15 is 0 Å². The zero-order chi connectivity index (χ0) is 11.0. The molecule has 2 aromatic rings. The van der Waals surface area contributed by atoms with Gasteiger partial charge in [0.05, 0.1) is 5.02 Å². The number of rotatable bonds is 1. The van der Waals surface area contributed by atoms with Crippen molar-refractivity contribution in [3.05, 3.63) is 29.0 Å². The van der Waals surface area contributed by atoms with Crippen LogP contribution in [0, 0.1) is 5.82 Å². The Morgan fingerprint density at radius 2 is 2.07 bits per heavy atom. The van der Waals surface area contributed by atoms with E-state index in [-0.39, 0.29) is 16.6 Å². The zero-order valence-corrected chi connectivity index (χ0v) is 8.25. The smallest absolute Gasteiger partial charge is 0.245 e. The van der Waals surface area contributed by atoms with E-state index in [9.17, 15) is 4.39 Å². The third kappa shape index (κ3) is 1.61. The van der Waals surface area contributed by atoms with Gasteiger partial charge in [0, 0.05) is 5.56 Å². The second-order valence-electron chi connectivity index (χ2n) is 2.94. The highest BCUT2D eigenvalue weighted by Gasteiger charge is 2.13. The highest BCUT2D eigenvalue weighted by molar-refractivity contribution is 6.30. The Bertz CT molecular complexity index is 512. The van der Waals surface area contributed by atoms with E-state index in [4.69, 9.17) is 23.1 Å². The molecule has 1 aromatic heterocycles. The molecule has 6 heteroatoms. The summed E-state index contributed by atoms with van der Waals surface area (Å²) in [6.07, 6.45) is 0. The Labute approximate surface area is 89.6 Å². The molecule has 0 amide bonds. The Kier molecular flexibility index (Phi) is 2.24. The second-order valence-corrected chi connectivity index (χ2v) is 3.35. The molecular formula is C9H7ClFN3O. The molecule has 15 heavy (non-hydrogen) atoms. The average Bonchev–Trinajstić information content (AvgIpc) is 2.53. The molecule has 0 radical (unpaired) electrons. The summed E-state index contributed by atoms with van der Waals surface area (Å²) in [5.74, 6) is -0.532. The number of hydrogen-bond acceptors (Lipinski definition) is 4. The number of nitrogens with two attached hydrogens (primary N) is 2. The van der Waals surface area contributed by atoms with E-state index in [1.807, 2.05) is 0 Å². The summed E-state index contributed by atoms with van der Waals surface area (Å²) >= 11 is 5.54. The zero-order valence-electron chi connectivity index (χ0n) is 7.50. The summed E-state index contributed by atoms with van der Waals surface area (Å²) in [6.45, 7) is 0. The van der Waals surface area contributed by atoms with Crippen LogP contribution in [0.15, 0.2) is 22.7 Å². The first-order chi connectivity index (χ1) is 7.09. The van der Waals surface area contributed by atoms with Crippen molar-refractivity contribution in [2.75, 3.05) is 11.5 Å². The van der Waals surface area contributed by atoms with Crippen molar-refractivity contribution in [2.45, 2.75) is 0 Å². The minimum absolute atomic E-state index is 0.0142. The van der Waals surface area contributed by atoms with Crippen molar-refractivity contribution in [1.82, 2.24) is 5.16 Å². The predicted octanol–water partition coefficient (Wildman–Crippen LogP) is 2.30. The van der Waals surface area contributed by atoms with Gasteiger partial charge in [0.2, 0.25) is 5.88 Å².